The molecule has 1 aliphatic rings. The molecule has 3 rings (SSSR count). The first-order valence-electron chi connectivity index (χ1n) is 13.1. The molecule has 11 heteroatoms. The quantitative estimate of drug-likeness (QED) is 0.102. The largest absolute Gasteiger partial charge is 0.474 e. The molecule has 0 spiro atoms. The molecule has 6 nitrogen and oxygen atoms in total. The number of aliphatic hydroxyl groups is 1. The maximum absolute atomic E-state index is 15.0. The first-order chi connectivity index (χ1) is 20.1. The number of halogens is 5. The molecular formula is C31H27F5N4O2. The molecule has 0 bridgehead atoms. The summed E-state index contributed by atoms with van der Waals surface area (Å²) in [5.41, 5.74) is -3.87. The number of hydrogen-bond acceptors (Lipinski definition) is 6. The Morgan fingerprint density at radius 2 is 1.45 bits per heavy atom. The van der Waals surface area contributed by atoms with Crippen LogP contribution in [0.25, 0.3) is 6.08 Å². The summed E-state index contributed by atoms with van der Waals surface area (Å²) in [7, 11) is 0. The average molecular weight is 583 g/mol. The second kappa shape index (κ2) is 13.8. The Bertz CT molecular complexity index is 1520. The fraction of sp³-hybridized carbons (Fsp3) is 0.323. The SMILES string of the molecule is CCCCN(CCCCO)c1ccc(/C=C/C2=C(C#N)C(=C(C#N)C#N)OC2(C)c2c(F)c(F)c(F)c(F)c2F)cc1. The summed E-state index contributed by atoms with van der Waals surface area (Å²) in [6, 6.07) is 11.9. The average Bonchev–Trinajstić information content (AvgIpc) is 3.28. The number of unbranched alkanes of at least 4 members (excludes halogenated alkanes) is 2. The van der Waals surface area contributed by atoms with Gasteiger partial charge < -0.3 is 14.7 Å². The van der Waals surface area contributed by atoms with Crippen LogP contribution >= 0.6 is 0 Å². The number of ether oxygens (including phenoxy) is 1. The van der Waals surface area contributed by atoms with Crippen LogP contribution in [0.4, 0.5) is 27.6 Å². The Morgan fingerprint density at radius 3 is 1.98 bits per heavy atom. The molecule has 1 atom stereocenters. The minimum Gasteiger partial charge on any atom is -0.474 e. The van der Waals surface area contributed by atoms with E-state index in [4.69, 9.17) is 9.84 Å². The van der Waals surface area contributed by atoms with E-state index in [2.05, 4.69) is 11.8 Å². The van der Waals surface area contributed by atoms with Crippen molar-refractivity contribution in [1.29, 1.82) is 15.8 Å². The zero-order valence-electron chi connectivity index (χ0n) is 22.9. The number of hydrogen-bond donors (Lipinski definition) is 1. The number of allylic oxidation sites excluding steroid dienone is 2. The van der Waals surface area contributed by atoms with Crippen LogP contribution < -0.4 is 4.90 Å². The Morgan fingerprint density at radius 1 is 0.881 bits per heavy atom. The zero-order valence-corrected chi connectivity index (χ0v) is 22.9. The van der Waals surface area contributed by atoms with Crippen LogP contribution in [0.2, 0.25) is 0 Å². The lowest BCUT2D eigenvalue weighted by molar-refractivity contribution is 0.0660. The zero-order chi connectivity index (χ0) is 31.0. The second-order valence-electron chi connectivity index (χ2n) is 9.60. The Labute approximate surface area is 240 Å². The van der Waals surface area contributed by atoms with Gasteiger partial charge in [-0.25, -0.2) is 22.0 Å². The van der Waals surface area contributed by atoms with Crippen LogP contribution in [-0.2, 0) is 10.3 Å². The van der Waals surface area contributed by atoms with Gasteiger partial charge in [0.05, 0.1) is 5.56 Å². The van der Waals surface area contributed by atoms with Gasteiger partial charge in [-0.2, -0.15) is 15.8 Å². The highest BCUT2D eigenvalue weighted by molar-refractivity contribution is 5.66. The molecule has 0 amide bonds. The van der Waals surface area contributed by atoms with Crippen molar-refractivity contribution < 1.29 is 31.8 Å². The topological polar surface area (TPSA) is 104 Å². The summed E-state index contributed by atoms with van der Waals surface area (Å²) in [5.74, 6) is -11.8. The summed E-state index contributed by atoms with van der Waals surface area (Å²) in [6.45, 7) is 4.71. The van der Waals surface area contributed by atoms with Gasteiger partial charge in [-0.15, -0.1) is 0 Å². The lowest BCUT2D eigenvalue weighted by Gasteiger charge is -2.28. The third-order valence-corrected chi connectivity index (χ3v) is 6.88. The molecular weight excluding hydrogens is 555 g/mol. The van der Waals surface area contributed by atoms with E-state index in [1.54, 1.807) is 18.2 Å². The fourth-order valence-electron chi connectivity index (χ4n) is 4.65. The van der Waals surface area contributed by atoms with E-state index in [-0.39, 0.29) is 12.2 Å². The van der Waals surface area contributed by atoms with Crippen molar-refractivity contribution in [2.45, 2.75) is 45.1 Å². The number of aliphatic hydroxyl groups excluding tert-OH is 1. The molecule has 1 heterocycles. The van der Waals surface area contributed by atoms with Crippen LogP contribution in [0.15, 0.2) is 52.8 Å². The van der Waals surface area contributed by atoms with E-state index in [0.29, 0.717) is 12.0 Å². The van der Waals surface area contributed by atoms with Gasteiger partial charge >= 0.3 is 0 Å². The Balaban J connectivity index is 2.13. The smallest absolute Gasteiger partial charge is 0.200 e. The molecule has 2 aromatic rings. The molecule has 218 valence electrons. The first-order valence-corrected chi connectivity index (χ1v) is 13.1. The van der Waals surface area contributed by atoms with Crippen molar-refractivity contribution in [3.63, 3.8) is 0 Å². The molecule has 0 saturated heterocycles. The van der Waals surface area contributed by atoms with Crippen LogP contribution in [0.5, 0.6) is 0 Å². The van der Waals surface area contributed by atoms with Crippen molar-refractivity contribution in [3.8, 4) is 18.2 Å². The normalized spacial score (nSPS) is 16.3. The van der Waals surface area contributed by atoms with Crippen LogP contribution in [-0.4, -0.2) is 24.8 Å². The molecule has 42 heavy (non-hydrogen) atoms. The molecule has 0 aromatic heterocycles. The third kappa shape index (κ3) is 6.15. The van der Waals surface area contributed by atoms with Crippen LogP contribution in [0.3, 0.4) is 0 Å². The maximum atomic E-state index is 15.0. The minimum atomic E-state index is -2.47. The molecule has 2 aromatic carbocycles. The molecule has 1 aliphatic heterocycles. The molecule has 0 aliphatic carbocycles. The van der Waals surface area contributed by atoms with Gasteiger partial charge in [0.2, 0.25) is 5.82 Å². The number of nitrogens with zero attached hydrogens (tertiary/aromatic N) is 4. The highest BCUT2D eigenvalue weighted by atomic mass is 19.2. The molecule has 0 radical (unpaired) electrons. The lowest BCUT2D eigenvalue weighted by Crippen LogP contribution is -2.28. The van der Waals surface area contributed by atoms with E-state index in [1.807, 2.05) is 12.1 Å². The van der Waals surface area contributed by atoms with Gasteiger partial charge in [-0.3, -0.25) is 0 Å². The van der Waals surface area contributed by atoms with Gasteiger partial charge in [0.15, 0.2) is 40.2 Å². The van der Waals surface area contributed by atoms with Gasteiger partial charge in [0.1, 0.15) is 23.8 Å². The maximum Gasteiger partial charge on any atom is 0.200 e. The summed E-state index contributed by atoms with van der Waals surface area (Å²) in [6.07, 6.45) is 6.10. The monoisotopic (exact) mass is 582 g/mol. The summed E-state index contributed by atoms with van der Waals surface area (Å²) in [4.78, 5) is 2.18. The lowest BCUT2D eigenvalue weighted by atomic mass is 9.85. The molecule has 0 saturated carbocycles. The molecule has 1 N–H and O–H groups in total. The number of benzene rings is 2. The standard InChI is InChI=1S/C31H27F5N4O2/c1-3-4-13-40(14-5-6-15-41)21-10-7-19(8-11-21)9-12-23-22(18-39)30(20(16-37)17-38)42-31(23,2)24-25(32)27(34)29(36)28(35)26(24)33/h7-12,41H,3-6,13-15H2,1-2H3/b12-9+. The number of rotatable bonds is 11. The van der Waals surface area contributed by atoms with Gasteiger partial charge in [-0.05, 0) is 43.9 Å². The van der Waals surface area contributed by atoms with E-state index >= 15 is 0 Å². The van der Waals surface area contributed by atoms with E-state index in [1.165, 1.54) is 24.3 Å². The minimum absolute atomic E-state index is 0.0979. The molecule has 1 unspecified atom stereocenters. The van der Waals surface area contributed by atoms with Crippen LogP contribution in [0, 0.1) is 63.1 Å². The van der Waals surface area contributed by atoms with Gasteiger partial charge in [0.25, 0.3) is 0 Å². The third-order valence-electron chi connectivity index (χ3n) is 6.88. The number of nitriles is 3. The summed E-state index contributed by atoms with van der Waals surface area (Å²) >= 11 is 0. The van der Waals surface area contributed by atoms with Crippen molar-refractivity contribution in [2.24, 2.45) is 0 Å². The highest BCUT2D eigenvalue weighted by Crippen LogP contribution is 2.49. The molecule has 0 fully saturated rings. The highest BCUT2D eigenvalue weighted by Gasteiger charge is 2.49. The van der Waals surface area contributed by atoms with Gasteiger partial charge in [-0.1, -0.05) is 37.6 Å². The summed E-state index contributed by atoms with van der Waals surface area (Å²) < 4.78 is 77.7. The predicted octanol–water partition coefficient (Wildman–Crippen LogP) is 6.84. The van der Waals surface area contributed by atoms with Crippen molar-refractivity contribution in [3.05, 3.63) is 93.0 Å². The van der Waals surface area contributed by atoms with Crippen molar-refractivity contribution in [1.82, 2.24) is 0 Å². The number of anilines is 1. The second-order valence-corrected chi connectivity index (χ2v) is 9.60. The van der Waals surface area contributed by atoms with Crippen molar-refractivity contribution in [2.75, 3.05) is 24.6 Å². The van der Waals surface area contributed by atoms with Gasteiger partial charge in [0, 0.05) is 31.0 Å². The van der Waals surface area contributed by atoms with Crippen molar-refractivity contribution >= 4 is 11.8 Å². The first kappa shape index (κ1) is 31.9. The Kier molecular flexibility index (Phi) is 10.5. The van der Waals surface area contributed by atoms with E-state index in [0.717, 1.165) is 45.0 Å². The predicted molar refractivity (Wildman–Crippen MR) is 144 cm³/mol. The van der Waals surface area contributed by atoms with E-state index < -0.39 is 57.2 Å². The van der Waals surface area contributed by atoms with Crippen LogP contribution in [0.1, 0.15) is 50.7 Å². The van der Waals surface area contributed by atoms with E-state index in [9.17, 15) is 37.7 Å². The summed E-state index contributed by atoms with van der Waals surface area (Å²) in [5, 5.41) is 37.7. The fourth-order valence-corrected chi connectivity index (χ4v) is 4.65. The Hall–Kier alpha value is -4.66.